The summed E-state index contributed by atoms with van der Waals surface area (Å²) in [5.74, 6) is 0.347. The van der Waals surface area contributed by atoms with Crippen LogP contribution in [0.4, 0.5) is 11.4 Å². The van der Waals surface area contributed by atoms with Gasteiger partial charge in [-0.15, -0.1) is 0 Å². The van der Waals surface area contributed by atoms with Gasteiger partial charge in [0, 0.05) is 19.5 Å². The molecule has 0 fully saturated rings. The van der Waals surface area contributed by atoms with Crippen LogP contribution in [0.1, 0.15) is 44.2 Å². The second-order valence-electron chi connectivity index (χ2n) is 8.59. The molecule has 0 spiro atoms. The molecule has 0 saturated heterocycles. The third-order valence-electron chi connectivity index (χ3n) is 5.65. The van der Waals surface area contributed by atoms with E-state index in [1.165, 1.54) is 10.5 Å². The minimum Gasteiger partial charge on any atom is -0.484 e. The summed E-state index contributed by atoms with van der Waals surface area (Å²) in [5, 5.41) is 2.83. The van der Waals surface area contributed by atoms with Gasteiger partial charge in [0.05, 0.1) is 17.9 Å². The van der Waals surface area contributed by atoms with Gasteiger partial charge in [0.1, 0.15) is 5.75 Å². The van der Waals surface area contributed by atoms with Crippen LogP contribution in [0.2, 0.25) is 0 Å². The molecule has 170 valence electrons. The molecule has 32 heavy (non-hydrogen) atoms. The topological polar surface area (TPSA) is 79.0 Å². The van der Waals surface area contributed by atoms with E-state index in [2.05, 4.69) is 19.2 Å². The Kier molecular flexibility index (Phi) is 7.18. The van der Waals surface area contributed by atoms with Crippen molar-refractivity contribution in [1.82, 2.24) is 4.90 Å². The Morgan fingerprint density at radius 1 is 1.22 bits per heavy atom. The molecule has 0 unspecified atom stereocenters. The Morgan fingerprint density at radius 2 is 1.94 bits per heavy atom. The highest BCUT2D eigenvalue weighted by Gasteiger charge is 2.30. The molecule has 2 aromatic rings. The van der Waals surface area contributed by atoms with Crippen LogP contribution in [0, 0.1) is 6.92 Å². The third kappa shape index (κ3) is 5.28. The fourth-order valence-electron chi connectivity index (χ4n) is 3.98. The maximum absolute atomic E-state index is 13.1. The molecule has 1 N–H and O–H groups in total. The number of anilines is 2. The first-order valence-electron chi connectivity index (χ1n) is 10.9. The quantitative estimate of drug-likeness (QED) is 0.747. The number of fused-ring (bicyclic) bond motifs is 1. The molecule has 0 bridgehead atoms. The number of hydrogen-bond acceptors (Lipinski definition) is 4. The summed E-state index contributed by atoms with van der Waals surface area (Å²) in [6.07, 6.45) is 0.187. The lowest BCUT2D eigenvalue weighted by Gasteiger charge is -2.29. The highest BCUT2D eigenvalue weighted by Crippen LogP contribution is 2.31. The lowest BCUT2D eigenvalue weighted by Crippen LogP contribution is -2.46. The Hall–Kier alpha value is -3.35. The van der Waals surface area contributed by atoms with Gasteiger partial charge in [-0.2, -0.15) is 0 Å². The van der Waals surface area contributed by atoms with Gasteiger partial charge < -0.3 is 19.9 Å². The van der Waals surface area contributed by atoms with E-state index in [-0.39, 0.29) is 43.3 Å². The van der Waals surface area contributed by atoms with Crippen molar-refractivity contribution in [3.63, 3.8) is 0 Å². The fourth-order valence-corrected chi connectivity index (χ4v) is 3.98. The number of aryl methyl sites for hydroxylation is 1. The molecule has 3 rings (SSSR count). The van der Waals surface area contributed by atoms with Crippen LogP contribution in [0.3, 0.4) is 0 Å². The standard InChI is InChI=1S/C25H31N3O4/c1-16(2)20-11-10-19(12-17(20)3)32-15-25(31)27(5)14-24(30)28-18(4)13-23(29)26-21-8-6-7-9-22(21)28/h6-12,16,18H,13-15H2,1-5H3,(H,26,29)/t18-/m0/s1. The minimum atomic E-state index is -0.326. The van der Waals surface area contributed by atoms with Crippen molar-refractivity contribution in [2.75, 3.05) is 30.4 Å². The van der Waals surface area contributed by atoms with E-state index < -0.39 is 0 Å². The normalized spacial score (nSPS) is 15.6. The summed E-state index contributed by atoms with van der Waals surface area (Å²) in [7, 11) is 1.58. The van der Waals surface area contributed by atoms with Gasteiger partial charge in [-0.25, -0.2) is 0 Å². The molecule has 7 heteroatoms. The third-order valence-corrected chi connectivity index (χ3v) is 5.65. The van der Waals surface area contributed by atoms with Gasteiger partial charge in [-0.05, 0) is 55.2 Å². The van der Waals surface area contributed by atoms with Crippen molar-refractivity contribution >= 4 is 29.1 Å². The molecule has 0 aromatic heterocycles. The van der Waals surface area contributed by atoms with Crippen molar-refractivity contribution in [1.29, 1.82) is 0 Å². The van der Waals surface area contributed by atoms with Crippen molar-refractivity contribution in [2.24, 2.45) is 0 Å². The molecule has 0 saturated carbocycles. The predicted molar refractivity (Wildman–Crippen MR) is 125 cm³/mol. The summed E-state index contributed by atoms with van der Waals surface area (Å²) >= 11 is 0. The zero-order valence-electron chi connectivity index (χ0n) is 19.3. The average molecular weight is 438 g/mol. The van der Waals surface area contributed by atoms with E-state index in [0.29, 0.717) is 23.0 Å². The molecular weight excluding hydrogens is 406 g/mol. The van der Waals surface area contributed by atoms with Gasteiger partial charge in [-0.1, -0.05) is 32.0 Å². The smallest absolute Gasteiger partial charge is 0.260 e. The van der Waals surface area contributed by atoms with E-state index >= 15 is 0 Å². The number of ether oxygens (including phenoxy) is 1. The van der Waals surface area contributed by atoms with Crippen LogP contribution < -0.4 is 15.0 Å². The highest BCUT2D eigenvalue weighted by atomic mass is 16.5. The van der Waals surface area contributed by atoms with Gasteiger partial charge in [0.15, 0.2) is 6.61 Å². The Labute approximate surface area is 189 Å². The summed E-state index contributed by atoms with van der Waals surface area (Å²) in [6.45, 7) is 7.85. The number of benzene rings is 2. The van der Waals surface area contributed by atoms with Crippen LogP contribution in [-0.4, -0.2) is 48.9 Å². The number of para-hydroxylation sites is 2. The lowest BCUT2D eigenvalue weighted by molar-refractivity contribution is -0.135. The number of nitrogens with zero attached hydrogens (tertiary/aromatic N) is 2. The van der Waals surface area contributed by atoms with Gasteiger partial charge in [-0.3, -0.25) is 14.4 Å². The van der Waals surface area contributed by atoms with Gasteiger partial charge in [0.2, 0.25) is 11.8 Å². The first-order valence-corrected chi connectivity index (χ1v) is 10.9. The van der Waals surface area contributed by atoms with Crippen LogP contribution in [-0.2, 0) is 14.4 Å². The molecule has 0 aliphatic carbocycles. The predicted octanol–water partition coefficient (Wildman–Crippen LogP) is 3.72. The van der Waals surface area contributed by atoms with Crippen LogP contribution in [0.5, 0.6) is 5.75 Å². The SMILES string of the molecule is Cc1cc(OCC(=O)N(C)CC(=O)N2c3ccccc3NC(=O)C[C@@H]2C)ccc1C(C)C. The monoisotopic (exact) mass is 437 g/mol. The molecule has 1 heterocycles. The summed E-state index contributed by atoms with van der Waals surface area (Å²) in [4.78, 5) is 40.8. The van der Waals surface area contributed by atoms with Crippen molar-refractivity contribution < 1.29 is 19.1 Å². The highest BCUT2D eigenvalue weighted by molar-refractivity contribution is 6.05. The van der Waals surface area contributed by atoms with E-state index in [4.69, 9.17) is 4.74 Å². The molecule has 3 amide bonds. The molecule has 1 aliphatic heterocycles. The molecule has 0 radical (unpaired) electrons. The van der Waals surface area contributed by atoms with Gasteiger partial charge >= 0.3 is 0 Å². The average Bonchev–Trinajstić information content (AvgIpc) is 2.85. The number of hydrogen-bond donors (Lipinski definition) is 1. The zero-order valence-corrected chi connectivity index (χ0v) is 19.3. The fraction of sp³-hybridized carbons (Fsp3) is 0.400. The zero-order chi connectivity index (χ0) is 23.4. The van der Waals surface area contributed by atoms with Crippen LogP contribution >= 0.6 is 0 Å². The van der Waals surface area contributed by atoms with E-state index in [1.54, 1.807) is 30.1 Å². The maximum Gasteiger partial charge on any atom is 0.260 e. The summed E-state index contributed by atoms with van der Waals surface area (Å²) < 4.78 is 5.67. The van der Waals surface area contributed by atoms with E-state index in [9.17, 15) is 14.4 Å². The van der Waals surface area contributed by atoms with E-state index in [0.717, 1.165) is 5.56 Å². The van der Waals surface area contributed by atoms with Crippen LogP contribution in [0.25, 0.3) is 0 Å². The summed E-state index contributed by atoms with van der Waals surface area (Å²) in [5.41, 5.74) is 3.58. The number of nitrogens with one attached hydrogen (secondary N) is 1. The number of amides is 3. The van der Waals surface area contributed by atoms with Crippen molar-refractivity contribution in [3.8, 4) is 5.75 Å². The van der Waals surface area contributed by atoms with Gasteiger partial charge in [0.25, 0.3) is 5.91 Å². The molecule has 1 atom stereocenters. The molecule has 1 aliphatic rings. The van der Waals surface area contributed by atoms with Crippen molar-refractivity contribution in [2.45, 2.75) is 46.1 Å². The molecule has 2 aromatic carbocycles. The number of carbonyl (C=O) groups is 3. The number of rotatable bonds is 6. The molecule has 7 nitrogen and oxygen atoms in total. The Morgan fingerprint density at radius 3 is 2.62 bits per heavy atom. The van der Waals surface area contributed by atoms with Crippen LogP contribution in [0.15, 0.2) is 42.5 Å². The van der Waals surface area contributed by atoms with Crippen molar-refractivity contribution in [3.05, 3.63) is 53.6 Å². The largest absolute Gasteiger partial charge is 0.484 e. The second kappa shape index (κ2) is 9.85. The lowest BCUT2D eigenvalue weighted by atomic mass is 9.98. The maximum atomic E-state index is 13.1. The minimum absolute atomic E-state index is 0.111. The first kappa shape index (κ1) is 23.3. The first-order chi connectivity index (χ1) is 15.2. The summed E-state index contributed by atoms with van der Waals surface area (Å²) in [6, 6.07) is 12.7. The second-order valence-corrected chi connectivity index (χ2v) is 8.59. The molecular formula is C25H31N3O4. The number of carbonyl (C=O) groups excluding carboxylic acids is 3. The number of likely N-dealkylation sites (N-methyl/N-ethyl adjacent to an activating group) is 1. The Bertz CT molecular complexity index is 1020. The van der Waals surface area contributed by atoms with E-state index in [1.807, 2.05) is 38.1 Å². The Balaban J connectivity index is 1.64.